The lowest BCUT2D eigenvalue weighted by Gasteiger charge is -1.94. The zero-order valence-corrected chi connectivity index (χ0v) is 9.76. The Morgan fingerprint density at radius 1 is 0.875 bits per heavy atom. The van der Waals surface area contributed by atoms with E-state index in [0.717, 1.165) is 5.56 Å². The Morgan fingerprint density at radius 2 is 1.56 bits per heavy atom. The van der Waals surface area contributed by atoms with E-state index in [1.54, 1.807) is 18.3 Å². The van der Waals surface area contributed by atoms with E-state index in [1.807, 2.05) is 24.3 Å². The minimum Gasteiger partial charge on any atom is -0.243 e. The summed E-state index contributed by atoms with van der Waals surface area (Å²) in [4.78, 5) is 3.94. The third kappa shape index (κ3) is 2.55. The molecule has 0 saturated heterocycles. The van der Waals surface area contributed by atoms with Crippen LogP contribution in [-0.4, -0.2) is 4.98 Å². The van der Waals surface area contributed by atoms with Gasteiger partial charge in [-0.05, 0) is 24.3 Å². The third-order valence-electron chi connectivity index (χ3n) is 1.96. The van der Waals surface area contributed by atoms with Crippen LogP contribution in [-0.2, 0) is 0 Å². The van der Waals surface area contributed by atoms with Gasteiger partial charge in [0.1, 0.15) is 5.15 Å². The van der Waals surface area contributed by atoms with Crippen molar-refractivity contribution in [2.45, 2.75) is 0 Å². The van der Waals surface area contributed by atoms with Crippen LogP contribution in [0.15, 0.2) is 42.6 Å². The summed E-state index contributed by atoms with van der Waals surface area (Å²) in [6.07, 6.45) is 1.63. The van der Waals surface area contributed by atoms with Crippen LogP contribution in [0.3, 0.4) is 0 Å². The fourth-order valence-electron chi connectivity index (χ4n) is 1.18. The van der Waals surface area contributed by atoms with Crippen molar-refractivity contribution in [1.29, 1.82) is 0 Å². The molecule has 0 bridgehead atoms. The number of hydrogen-bond acceptors (Lipinski definition) is 1. The molecule has 0 aliphatic heterocycles. The largest absolute Gasteiger partial charge is 0.243 e. The Balaban J connectivity index is 2.36. The average Bonchev–Trinajstić information content (AvgIpc) is 2.30. The van der Waals surface area contributed by atoms with Crippen LogP contribution in [0.1, 0.15) is 11.1 Å². The summed E-state index contributed by atoms with van der Waals surface area (Å²) < 4.78 is 0. The molecule has 0 unspecified atom stereocenters. The average molecular weight is 248 g/mol. The van der Waals surface area contributed by atoms with E-state index in [4.69, 9.17) is 23.2 Å². The molecule has 1 aromatic carbocycles. The number of nitrogens with zero attached hydrogens (tertiary/aromatic N) is 1. The van der Waals surface area contributed by atoms with Gasteiger partial charge in [-0.15, -0.1) is 0 Å². The lowest BCUT2D eigenvalue weighted by molar-refractivity contribution is 1.31. The van der Waals surface area contributed by atoms with Gasteiger partial charge in [0.25, 0.3) is 0 Å². The lowest BCUT2D eigenvalue weighted by atomic mass is 10.2. The van der Waals surface area contributed by atoms with E-state index < -0.39 is 0 Å². The van der Waals surface area contributed by atoms with Crippen LogP contribution < -0.4 is 0 Å². The molecule has 1 nitrogen and oxygen atoms in total. The number of halogens is 2. The predicted molar refractivity (Wildman–Crippen MR) is 66.7 cm³/mol. The molecular formula is C13H7Cl2N. The van der Waals surface area contributed by atoms with Crippen molar-refractivity contribution in [3.8, 4) is 11.8 Å². The van der Waals surface area contributed by atoms with E-state index >= 15 is 0 Å². The van der Waals surface area contributed by atoms with Crippen LogP contribution in [0.25, 0.3) is 0 Å². The Morgan fingerprint density at radius 3 is 2.31 bits per heavy atom. The molecule has 3 heteroatoms. The zero-order chi connectivity index (χ0) is 11.4. The fraction of sp³-hybridized carbons (Fsp3) is 0. The molecule has 0 aliphatic carbocycles. The maximum absolute atomic E-state index is 5.98. The Bertz CT molecular complexity index is 518. The van der Waals surface area contributed by atoms with Gasteiger partial charge in [-0.25, -0.2) is 4.98 Å². The van der Waals surface area contributed by atoms with Crippen LogP contribution in [0, 0.1) is 11.8 Å². The van der Waals surface area contributed by atoms with Gasteiger partial charge in [0.15, 0.2) is 0 Å². The Kier molecular flexibility index (Phi) is 3.46. The van der Waals surface area contributed by atoms with Crippen molar-refractivity contribution in [1.82, 2.24) is 4.98 Å². The maximum atomic E-state index is 5.98. The lowest BCUT2D eigenvalue weighted by Crippen LogP contribution is -1.81. The van der Waals surface area contributed by atoms with Crippen LogP contribution in [0.4, 0.5) is 0 Å². The molecule has 0 N–H and O–H groups in total. The van der Waals surface area contributed by atoms with Gasteiger partial charge >= 0.3 is 0 Å². The zero-order valence-electron chi connectivity index (χ0n) is 8.24. The maximum Gasteiger partial charge on any atom is 0.144 e. The predicted octanol–water partition coefficient (Wildman–Crippen LogP) is 3.79. The number of rotatable bonds is 0. The minimum absolute atomic E-state index is 0.405. The number of hydrogen-bond donors (Lipinski definition) is 0. The fourth-order valence-corrected chi connectivity index (χ4v) is 1.53. The molecule has 0 atom stereocenters. The summed E-state index contributed by atoms with van der Waals surface area (Å²) in [5.41, 5.74) is 1.48. The van der Waals surface area contributed by atoms with Gasteiger partial charge in [0.2, 0.25) is 0 Å². The number of benzene rings is 1. The first kappa shape index (κ1) is 11.0. The summed E-state index contributed by atoms with van der Waals surface area (Å²) in [6.45, 7) is 0. The van der Waals surface area contributed by atoms with E-state index in [1.165, 1.54) is 0 Å². The van der Waals surface area contributed by atoms with E-state index in [-0.39, 0.29) is 0 Å². The Labute approximate surface area is 104 Å². The van der Waals surface area contributed by atoms with Crippen molar-refractivity contribution in [2.75, 3.05) is 0 Å². The Hall–Kier alpha value is -1.49. The van der Waals surface area contributed by atoms with Crippen molar-refractivity contribution in [2.24, 2.45) is 0 Å². The molecule has 0 amide bonds. The molecule has 0 fully saturated rings. The van der Waals surface area contributed by atoms with Gasteiger partial charge < -0.3 is 0 Å². The smallest absolute Gasteiger partial charge is 0.144 e. The normalized spacial score (nSPS) is 9.38. The van der Waals surface area contributed by atoms with Crippen molar-refractivity contribution in [3.05, 3.63) is 63.9 Å². The quantitative estimate of drug-likeness (QED) is 0.510. The van der Waals surface area contributed by atoms with E-state index in [2.05, 4.69) is 16.8 Å². The van der Waals surface area contributed by atoms with Gasteiger partial charge in [0, 0.05) is 11.8 Å². The summed E-state index contributed by atoms with van der Waals surface area (Å²) >= 11 is 11.9. The molecule has 78 valence electrons. The molecule has 16 heavy (non-hydrogen) atoms. The number of pyridine rings is 1. The van der Waals surface area contributed by atoms with E-state index in [9.17, 15) is 0 Å². The highest BCUT2D eigenvalue weighted by Gasteiger charge is 1.96. The molecular weight excluding hydrogens is 241 g/mol. The second-order valence-corrected chi connectivity index (χ2v) is 3.84. The van der Waals surface area contributed by atoms with Crippen LogP contribution in [0.5, 0.6) is 0 Å². The number of aromatic nitrogens is 1. The summed E-state index contributed by atoms with van der Waals surface area (Å²) in [6, 6.07) is 11.0. The molecule has 1 aromatic heterocycles. The van der Waals surface area contributed by atoms with Crippen molar-refractivity contribution >= 4 is 23.2 Å². The van der Waals surface area contributed by atoms with Gasteiger partial charge in [0.05, 0.1) is 10.6 Å². The highest BCUT2D eigenvalue weighted by Crippen LogP contribution is 2.14. The SMILES string of the molecule is Clc1ccccc1C#Cc1cccnc1Cl. The van der Waals surface area contributed by atoms with Gasteiger partial charge in [-0.1, -0.05) is 47.2 Å². The standard InChI is InChI=1S/C13H7Cl2N/c14-12-6-2-1-4-10(12)7-8-11-5-3-9-16-13(11)15/h1-6,9H. The molecule has 2 aromatic rings. The van der Waals surface area contributed by atoms with Gasteiger partial charge in [-0.2, -0.15) is 0 Å². The first-order chi connectivity index (χ1) is 7.77. The van der Waals surface area contributed by atoms with Crippen molar-refractivity contribution in [3.63, 3.8) is 0 Å². The summed E-state index contributed by atoms with van der Waals surface area (Å²) in [5.74, 6) is 5.90. The second-order valence-electron chi connectivity index (χ2n) is 3.07. The molecule has 2 rings (SSSR count). The second kappa shape index (κ2) is 5.03. The highest BCUT2D eigenvalue weighted by atomic mass is 35.5. The topological polar surface area (TPSA) is 12.9 Å². The van der Waals surface area contributed by atoms with Crippen molar-refractivity contribution < 1.29 is 0 Å². The van der Waals surface area contributed by atoms with Crippen LogP contribution >= 0.6 is 23.2 Å². The monoisotopic (exact) mass is 247 g/mol. The molecule has 0 radical (unpaired) electrons. The van der Waals surface area contributed by atoms with Crippen LogP contribution in [0.2, 0.25) is 10.2 Å². The first-order valence-electron chi connectivity index (χ1n) is 4.64. The molecule has 0 spiro atoms. The van der Waals surface area contributed by atoms with E-state index in [0.29, 0.717) is 15.7 Å². The summed E-state index contributed by atoms with van der Waals surface area (Å²) in [5, 5.41) is 1.04. The molecule has 0 saturated carbocycles. The summed E-state index contributed by atoms with van der Waals surface area (Å²) in [7, 11) is 0. The highest BCUT2D eigenvalue weighted by molar-refractivity contribution is 6.31. The van der Waals surface area contributed by atoms with Gasteiger partial charge in [-0.3, -0.25) is 0 Å². The molecule has 1 heterocycles. The third-order valence-corrected chi connectivity index (χ3v) is 2.60. The minimum atomic E-state index is 0.405. The first-order valence-corrected chi connectivity index (χ1v) is 5.40. The molecule has 0 aliphatic rings.